The van der Waals surface area contributed by atoms with Gasteiger partial charge in [0, 0.05) is 31.4 Å². The van der Waals surface area contributed by atoms with E-state index in [1.54, 1.807) is 12.1 Å². The van der Waals surface area contributed by atoms with Crippen LogP contribution in [-0.4, -0.2) is 34.1 Å². The van der Waals surface area contributed by atoms with E-state index in [1.165, 1.54) is 0 Å². The predicted molar refractivity (Wildman–Crippen MR) is 81.3 cm³/mol. The van der Waals surface area contributed by atoms with Crippen molar-refractivity contribution in [3.8, 4) is 0 Å². The van der Waals surface area contributed by atoms with Crippen molar-refractivity contribution >= 4 is 15.7 Å². The van der Waals surface area contributed by atoms with Crippen LogP contribution >= 0.6 is 0 Å². The second kappa shape index (κ2) is 6.56. The molecular weight excluding hydrogens is 274 g/mol. The lowest BCUT2D eigenvalue weighted by Gasteiger charge is -2.32. The van der Waals surface area contributed by atoms with Crippen LogP contribution in [0.25, 0.3) is 0 Å². The van der Waals surface area contributed by atoms with E-state index in [4.69, 9.17) is 5.73 Å². The molecule has 1 saturated heterocycles. The molecule has 3 N–H and O–H groups in total. The van der Waals surface area contributed by atoms with E-state index in [-0.39, 0.29) is 6.04 Å². The van der Waals surface area contributed by atoms with Crippen LogP contribution in [0.2, 0.25) is 0 Å². The Kier molecular flexibility index (Phi) is 5.01. The van der Waals surface area contributed by atoms with Crippen molar-refractivity contribution in [1.82, 2.24) is 4.72 Å². The number of nitrogens with one attached hydrogen (secondary N) is 1. The average Bonchev–Trinajstić information content (AvgIpc) is 2.45. The van der Waals surface area contributed by atoms with Gasteiger partial charge in [0.15, 0.2) is 0 Å². The van der Waals surface area contributed by atoms with Crippen LogP contribution in [0.3, 0.4) is 0 Å². The van der Waals surface area contributed by atoms with Gasteiger partial charge in [-0.2, -0.15) is 0 Å². The van der Waals surface area contributed by atoms with Crippen molar-refractivity contribution in [1.29, 1.82) is 0 Å². The maximum Gasteiger partial charge on any atom is 0.240 e. The minimum atomic E-state index is -3.37. The van der Waals surface area contributed by atoms with Gasteiger partial charge < -0.3 is 10.6 Å². The summed E-state index contributed by atoms with van der Waals surface area (Å²) in [6.45, 7) is 4.21. The summed E-state index contributed by atoms with van der Waals surface area (Å²) < 4.78 is 26.5. The number of hydrogen-bond acceptors (Lipinski definition) is 4. The normalized spacial score (nSPS) is 20.1. The van der Waals surface area contributed by atoms with Crippen LogP contribution in [0.1, 0.15) is 26.2 Å². The summed E-state index contributed by atoms with van der Waals surface area (Å²) in [6, 6.07) is 7.25. The minimum absolute atomic E-state index is 0.207. The number of sulfonamides is 1. The number of anilines is 1. The summed E-state index contributed by atoms with van der Waals surface area (Å²) in [4.78, 5) is 2.53. The van der Waals surface area contributed by atoms with Gasteiger partial charge in [0.05, 0.1) is 4.90 Å². The first-order valence-electron chi connectivity index (χ1n) is 7.13. The summed E-state index contributed by atoms with van der Waals surface area (Å²) in [5.41, 5.74) is 7.01. The Labute approximate surface area is 121 Å². The Morgan fingerprint density at radius 1 is 1.35 bits per heavy atom. The predicted octanol–water partition coefficient (Wildman–Crippen LogP) is 1.30. The zero-order valence-corrected chi connectivity index (χ0v) is 12.7. The highest BCUT2D eigenvalue weighted by Gasteiger charge is 2.18. The number of rotatable bonds is 5. The molecular formula is C14H23N3O2S. The fourth-order valence-electron chi connectivity index (χ4n) is 2.40. The molecule has 5 nitrogen and oxygen atoms in total. The molecule has 1 aliphatic heterocycles. The molecule has 1 unspecified atom stereocenters. The van der Waals surface area contributed by atoms with Gasteiger partial charge in [-0.05, 0) is 43.5 Å². The van der Waals surface area contributed by atoms with Crippen molar-refractivity contribution in [3.63, 3.8) is 0 Å². The van der Waals surface area contributed by atoms with Crippen LogP contribution in [0.4, 0.5) is 5.69 Å². The maximum absolute atomic E-state index is 12.0. The van der Waals surface area contributed by atoms with Crippen molar-refractivity contribution in [3.05, 3.63) is 24.3 Å². The molecule has 20 heavy (non-hydrogen) atoms. The van der Waals surface area contributed by atoms with Gasteiger partial charge in [-0.25, -0.2) is 13.1 Å². The Balaban J connectivity index is 2.10. The fourth-order valence-corrected chi connectivity index (χ4v) is 3.53. The smallest absolute Gasteiger partial charge is 0.240 e. The Morgan fingerprint density at radius 3 is 2.65 bits per heavy atom. The van der Waals surface area contributed by atoms with Gasteiger partial charge in [-0.1, -0.05) is 6.92 Å². The first-order chi connectivity index (χ1) is 9.53. The Hall–Kier alpha value is -1.11. The number of hydrogen-bond donors (Lipinski definition) is 2. The molecule has 1 heterocycles. The highest BCUT2D eigenvalue weighted by molar-refractivity contribution is 7.89. The molecule has 0 aromatic heterocycles. The molecule has 1 aliphatic rings. The lowest BCUT2D eigenvalue weighted by atomic mass is 10.1. The number of benzene rings is 1. The molecule has 1 aromatic carbocycles. The molecule has 0 radical (unpaired) electrons. The van der Waals surface area contributed by atoms with E-state index < -0.39 is 10.0 Å². The summed E-state index contributed by atoms with van der Waals surface area (Å²) >= 11 is 0. The van der Waals surface area contributed by atoms with Crippen molar-refractivity contribution in [2.45, 2.75) is 37.1 Å². The molecule has 1 atom stereocenters. The Morgan fingerprint density at radius 2 is 2.05 bits per heavy atom. The van der Waals surface area contributed by atoms with Crippen LogP contribution < -0.4 is 15.4 Å². The average molecular weight is 297 g/mol. The lowest BCUT2D eigenvalue weighted by Crippen LogP contribution is -2.42. The summed E-state index contributed by atoms with van der Waals surface area (Å²) in [5, 5.41) is 0. The van der Waals surface area contributed by atoms with Crippen molar-refractivity contribution < 1.29 is 8.42 Å². The highest BCUT2D eigenvalue weighted by atomic mass is 32.2. The third kappa shape index (κ3) is 3.71. The number of nitrogens with zero attached hydrogens (tertiary/aromatic N) is 1. The molecule has 6 heteroatoms. The standard InChI is InChI=1S/C14H23N3O2S/c1-2-9-16-20(18,19)14-7-5-13(6-8-14)17-10-3-4-12(15)11-17/h5-8,12,16H,2-4,9-11,15H2,1H3. The fraction of sp³-hybridized carbons (Fsp3) is 0.571. The van der Waals surface area contributed by atoms with E-state index >= 15 is 0 Å². The first kappa shape index (κ1) is 15.3. The van der Waals surface area contributed by atoms with Gasteiger partial charge in [0.25, 0.3) is 0 Å². The second-order valence-corrected chi connectivity index (χ2v) is 7.01. The van der Waals surface area contributed by atoms with Crippen LogP contribution in [-0.2, 0) is 10.0 Å². The molecule has 1 aromatic rings. The number of nitrogens with two attached hydrogens (primary N) is 1. The Bertz CT molecular complexity index is 528. The van der Waals surface area contributed by atoms with Crippen LogP contribution in [0.15, 0.2) is 29.2 Å². The zero-order valence-electron chi connectivity index (χ0n) is 11.9. The van der Waals surface area contributed by atoms with Crippen molar-refractivity contribution in [2.24, 2.45) is 5.73 Å². The van der Waals surface area contributed by atoms with Gasteiger partial charge in [-0.3, -0.25) is 0 Å². The SMILES string of the molecule is CCCNS(=O)(=O)c1ccc(N2CCCC(N)C2)cc1. The van der Waals surface area contributed by atoms with E-state index in [2.05, 4.69) is 9.62 Å². The van der Waals surface area contributed by atoms with Gasteiger partial charge in [0.1, 0.15) is 0 Å². The monoisotopic (exact) mass is 297 g/mol. The van der Waals surface area contributed by atoms with E-state index in [9.17, 15) is 8.42 Å². The molecule has 1 fully saturated rings. The second-order valence-electron chi connectivity index (χ2n) is 5.24. The maximum atomic E-state index is 12.0. The zero-order chi connectivity index (χ0) is 14.6. The topological polar surface area (TPSA) is 75.4 Å². The quantitative estimate of drug-likeness (QED) is 0.859. The summed E-state index contributed by atoms with van der Waals surface area (Å²) in [7, 11) is -3.37. The molecule has 0 aliphatic carbocycles. The lowest BCUT2D eigenvalue weighted by molar-refractivity contribution is 0.506. The molecule has 0 bridgehead atoms. The molecule has 0 amide bonds. The van der Waals surface area contributed by atoms with Crippen molar-refractivity contribution in [2.75, 3.05) is 24.5 Å². The van der Waals surface area contributed by atoms with E-state index in [0.717, 1.165) is 38.0 Å². The van der Waals surface area contributed by atoms with E-state index in [0.29, 0.717) is 11.4 Å². The van der Waals surface area contributed by atoms with E-state index in [1.807, 2.05) is 19.1 Å². The van der Waals surface area contributed by atoms with Gasteiger partial charge in [-0.15, -0.1) is 0 Å². The molecule has 112 valence electrons. The van der Waals surface area contributed by atoms with Crippen LogP contribution in [0, 0.1) is 0 Å². The molecule has 2 rings (SSSR count). The molecule has 0 spiro atoms. The third-order valence-corrected chi connectivity index (χ3v) is 4.99. The molecule has 0 saturated carbocycles. The summed E-state index contributed by atoms with van der Waals surface area (Å²) in [5.74, 6) is 0. The largest absolute Gasteiger partial charge is 0.370 e. The third-order valence-electron chi connectivity index (χ3n) is 3.51. The number of piperidine rings is 1. The van der Waals surface area contributed by atoms with Gasteiger partial charge in [0.2, 0.25) is 10.0 Å². The summed E-state index contributed by atoms with van der Waals surface area (Å²) in [6.07, 6.45) is 2.92. The highest BCUT2D eigenvalue weighted by Crippen LogP contribution is 2.21. The van der Waals surface area contributed by atoms with Gasteiger partial charge >= 0.3 is 0 Å². The minimum Gasteiger partial charge on any atom is -0.370 e. The first-order valence-corrected chi connectivity index (χ1v) is 8.61. The van der Waals surface area contributed by atoms with Crippen LogP contribution in [0.5, 0.6) is 0 Å².